The Morgan fingerprint density at radius 1 is 0.966 bits per heavy atom. The van der Waals surface area contributed by atoms with Crippen molar-refractivity contribution in [2.75, 3.05) is 16.8 Å². The van der Waals surface area contributed by atoms with Gasteiger partial charge >= 0.3 is 0 Å². The van der Waals surface area contributed by atoms with Crippen LogP contribution in [0.1, 0.15) is 6.92 Å². The zero-order valence-corrected chi connectivity index (χ0v) is 15.9. The highest BCUT2D eigenvalue weighted by Gasteiger charge is 2.32. The highest BCUT2D eigenvalue weighted by Crippen LogP contribution is 2.33. The number of carbonyl (C=O) groups excluding carboxylic acids is 2. The third kappa shape index (κ3) is 4.06. The van der Waals surface area contributed by atoms with Crippen molar-refractivity contribution < 1.29 is 19.1 Å². The van der Waals surface area contributed by atoms with Crippen LogP contribution in [0.15, 0.2) is 78.9 Å². The Kier molecular flexibility index (Phi) is 5.16. The van der Waals surface area contributed by atoms with Gasteiger partial charge in [-0.05, 0) is 55.5 Å². The Labute approximate surface area is 168 Å². The lowest BCUT2D eigenvalue weighted by molar-refractivity contribution is -0.125. The molecule has 29 heavy (non-hydrogen) atoms. The topological polar surface area (TPSA) is 67.9 Å². The van der Waals surface area contributed by atoms with E-state index in [4.69, 9.17) is 9.47 Å². The fourth-order valence-electron chi connectivity index (χ4n) is 3.14. The number of anilines is 2. The number of nitrogens with one attached hydrogen (secondary N) is 1. The molecule has 0 aliphatic carbocycles. The van der Waals surface area contributed by atoms with Gasteiger partial charge in [0.2, 0.25) is 5.91 Å². The largest absolute Gasteiger partial charge is 0.482 e. The van der Waals surface area contributed by atoms with Gasteiger partial charge < -0.3 is 14.8 Å². The molecule has 0 fully saturated rings. The molecule has 0 saturated heterocycles. The van der Waals surface area contributed by atoms with Crippen LogP contribution in [0, 0.1) is 0 Å². The highest BCUT2D eigenvalue weighted by molar-refractivity contribution is 6.06. The van der Waals surface area contributed by atoms with E-state index in [0.717, 1.165) is 5.75 Å². The van der Waals surface area contributed by atoms with E-state index in [1.807, 2.05) is 42.5 Å². The molecule has 0 saturated carbocycles. The van der Waals surface area contributed by atoms with Gasteiger partial charge in [-0.2, -0.15) is 0 Å². The van der Waals surface area contributed by atoms with Crippen LogP contribution in [-0.2, 0) is 9.59 Å². The molecule has 1 aliphatic rings. The molecule has 1 heterocycles. The molecule has 0 aromatic heterocycles. The Balaban J connectivity index is 1.44. The second kappa shape index (κ2) is 8.06. The van der Waals surface area contributed by atoms with Crippen LogP contribution in [0.25, 0.3) is 0 Å². The van der Waals surface area contributed by atoms with Crippen LogP contribution in [0.2, 0.25) is 0 Å². The Morgan fingerprint density at radius 2 is 1.62 bits per heavy atom. The molecule has 3 aromatic carbocycles. The third-order valence-electron chi connectivity index (χ3n) is 4.61. The molecule has 6 nitrogen and oxygen atoms in total. The number of benzene rings is 3. The number of nitrogens with zero attached hydrogens (tertiary/aromatic N) is 1. The van der Waals surface area contributed by atoms with Crippen LogP contribution >= 0.6 is 0 Å². The molecule has 0 spiro atoms. The van der Waals surface area contributed by atoms with E-state index >= 15 is 0 Å². The van der Waals surface area contributed by atoms with E-state index in [2.05, 4.69) is 5.32 Å². The van der Waals surface area contributed by atoms with Gasteiger partial charge in [0.1, 0.15) is 23.3 Å². The molecule has 6 heteroatoms. The number of hydrogen-bond donors (Lipinski definition) is 1. The zero-order valence-electron chi connectivity index (χ0n) is 15.9. The number of para-hydroxylation sites is 3. The maximum atomic E-state index is 12.8. The first-order chi connectivity index (χ1) is 14.1. The molecule has 1 unspecified atom stereocenters. The highest BCUT2D eigenvalue weighted by atomic mass is 16.5. The number of amides is 2. The summed E-state index contributed by atoms with van der Waals surface area (Å²) in [7, 11) is 0. The minimum Gasteiger partial charge on any atom is -0.482 e. The molecule has 1 atom stereocenters. The second-order valence-electron chi connectivity index (χ2n) is 6.62. The number of fused-ring (bicyclic) bond motifs is 1. The summed E-state index contributed by atoms with van der Waals surface area (Å²) >= 11 is 0. The van der Waals surface area contributed by atoms with Crippen LogP contribution in [0.5, 0.6) is 17.2 Å². The lowest BCUT2D eigenvalue weighted by Gasteiger charge is -2.33. The van der Waals surface area contributed by atoms with Gasteiger partial charge in [0.05, 0.1) is 5.69 Å². The van der Waals surface area contributed by atoms with Crippen molar-refractivity contribution in [3.8, 4) is 17.2 Å². The van der Waals surface area contributed by atoms with E-state index in [9.17, 15) is 9.59 Å². The van der Waals surface area contributed by atoms with Crippen LogP contribution < -0.4 is 19.7 Å². The monoisotopic (exact) mass is 388 g/mol. The van der Waals surface area contributed by atoms with Crippen molar-refractivity contribution >= 4 is 23.2 Å². The van der Waals surface area contributed by atoms with Gasteiger partial charge in [-0.15, -0.1) is 0 Å². The van der Waals surface area contributed by atoms with Gasteiger partial charge in [-0.3, -0.25) is 14.5 Å². The lowest BCUT2D eigenvalue weighted by Crippen LogP contribution is -2.49. The maximum absolute atomic E-state index is 12.8. The van der Waals surface area contributed by atoms with Crippen molar-refractivity contribution in [3.63, 3.8) is 0 Å². The first kappa shape index (κ1) is 18.6. The van der Waals surface area contributed by atoms with Crippen LogP contribution in [-0.4, -0.2) is 24.5 Å². The lowest BCUT2D eigenvalue weighted by atomic mass is 10.1. The average Bonchev–Trinajstić information content (AvgIpc) is 2.75. The first-order valence-corrected chi connectivity index (χ1v) is 9.29. The molecular weight excluding hydrogens is 368 g/mol. The summed E-state index contributed by atoms with van der Waals surface area (Å²) in [6, 6.07) is 23.0. The molecule has 2 amide bonds. The van der Waals surface area contributed by atoms with Crippen LogP contribution in [0.3, 0.4) is 0 Å². The minimum absolute atomic E-state index is 0.0832. The summed E-state index contributed by atoms with van der Waals surface area (Å²) in [6.45, 7) is 1.61. The maximum Gasteiger partial charge on any atom is 0.265 e. The second-order valence-corrected chi connectivity index (χ2v) is 6.62. The van der Waals surface area contributed by atoms with Gasteiger partial charge in [-0.1, -0.05) is 30.3 Å². The SMILES string of the molecule is CC(C(=O)Nc1ccc(Oc2ccccc2)cc1)N1C(=O)COc2ccccc21. The number of ether oxygens (including phenoxy) is 2. The number of carbonyl (C=O) groups is 2. The Bertz CT molecular complexity index is 1020. The summed E-state index contributed by atoms with van der Waals surface area (Å²) in [5.41, 5.74) is 1.22. The fourth-order valence-corrected chi connectivity index (χ4v) is 3.14. The summed E-state index contributed by atoms with van der Waals surface area (Å²) in [5, 5.41) is 2.85. The molecule has 0 radical (unpaired) electrons. The average molecular weight is 388 g/mol. The molecule has 3 aromatic rings. The molecular formula is C23H20N2O4. The van der Waals surface area contributed by atoms with E-state index in [-0.39, 0.29) is 18.4 Å². The molecule has 1 aliphatic heterocycles. The van der Waals surface area contributed by atoms with Crippen LogP contribution in [0.4, 0.5) is 11.4 Å². The van der Waals surface area contributed by atoms with E-state index in [1.165, 1.54) is 4.90 Å². The molecule has 1 N–H and O–H groups in total. The van der Waals surface area contributed by atoms with Crippen molar-refractivity contribution in [1.29, 1.82) is 0 Å². The smallest absolute Gasteiger partial charge is 0.265 e. The summed E-state index contributed by atoms with van der Waals surface area (Å²) < 4.78 is 11.2. The first-order valence-electron chi connectivity index (χ1n) is 9.29. The molecule has 0 bridgehead atoms. The summed E-state index contributed by atoms with van der Waals surface area (Å²) in [4.78, 5) is 26.6. The Hall–Kier alpha value is -3.80. The van der Waals surface area contributed by atoms with Crippen molar-refractivity contribution in [2.24, 2.45) is 0 Å². The zero-order chi connectivity index (χ0) is 20.2. The van der Waals surface area contributed by atoms with Gasteiger partial charge in [0, 0.05) is 5.69 Å². The minimum atomic E-state index is -0.687. The molecule has 4 rings (SSSR count). The van der Waals surface area contributed by atoms with E-state index in [1.54, 1.807) is 43.3 Å². The quantitative estimate of drug-likeness (QED) is 0.710. The fraction of sp³-hybridized carbons (Fsp3) is 0.130. The predicted octanol–water partition coefficient (Wildman–Crippen LogP) is 4.23. The van der Waals surface area contributed by atoms with E-state index < -0.39 is 6.04 Å². The van der Waals surface area contributed by atoms with Crippen molar-refractivity contribution in [3.05, 3.63) is 78.9 Å². The van der Waals surface area contributed by atoms with Gasteiger partial charge in [0.15, 0.2) is 6.61 Å². The molecule has 146 valence electrons. The standard InChI is InChI=1S/C23H20N2O4/c1-16(25-20-9-5-6-10-21(20)28-15-22(25)26)23(27)24-17-11-13-19(14-12-17)29-18-7-3-2-4-8-18/h2-14,16H,15H2,1H3,(H,24,27). The normalized spacial score (nSPS) is 13.8. The van der Waals surface area contributed by atoms with E-state index in [0.29, 0.717) is 22.9 Å². The summed E-state index contributed by atoms with van der Waals surface area (Å²) in [6.07, 6.45) is 0. The number of hydrogen-bond acceptors (Lipinski definition) is 4. The predicted molar refractivity (Wildman–Crippen MR) is 110 cm³/mol. The Morgan fingerprint density at radius 3 is 2.38 bits per heavy atom. The number of rotatable bonds is 5. The van der Waals surface area contributed by atoms with Crippen molar-refractivity contribution in [2.45, 2.75) is 13.0 Å². The summed E-state index contributed by atoms with van der Waals surface area (Å²) in [5.74, 6) is 1.46. The van der Waals surface area contributed by atoms with Crippen molar-refractivity contribution in [1.82, 2.24) is 0 Å². The van der Waals surface area contributed by atoms with Gasteiger partial charge in [0.25, 0.3) is 5.91 Å². The third-order valence-corrected chi connectivity index (χ3v) is 4.61. The van der Waals surface area contributed by atoms with Gasteiger partial charge in [-0.25, -0.2) is 0 Å².